The molecule has 12 aromatic rings. The Hall–Kier alpha value is -8.41. The first-order chi connectivity index (χ1) is 34.1. The molecule has 0 spiro atoms. The molecular formula is C57H37N5. The van der Waals surface area contributed by atoms with E-state index < -0.39 is 36.3 Å². The number of benzene rings is 9. The molecule has 0 unspecified atom stereocenters. The molecule has 0 fully saturated rings. The number of hydrogen-bond acceptors (Lipinski definition) is 3. The summed E-state index contributed by atoms with van der Waals surface area (Å²) in [5.74, 6) is 1.44. The first-order valence-corrected chi connectivity index (χ1v) is 20.3. The summed E-state index contributed by atoms with van der Waals surface area (Å²) >= 11 is 0. The highest BCUT2D eigenvalue weighted by atomic mass is 15.1. The molecule has 0 saturated carbocycles. The van der Waals surface area contributed by atoms with Crippen LogP contribution in [0.1, 0.15) is 11.0 Å². The van der Waals surface area contributed by atoms with Crippen molar-refractivity contribution >= 4 is 43.6 Å². The maximum absolute atomic E-state index is 9.35. The highest BCUT2D eigenvalue weighted by Gasteiger charge is 2.23. The predicted molar refractivity (Wildman–Crippen MR) is 256 cm³/mol. The number of aromatic nitrogens is 5. The van der Waals surface area contributed by atoms with Crippen LogP contribution in [-0.4, -0.2) is 24.1 Å². The van der Waals surface area contributed by atoms with Crippen LogP contribution in [-0.2, 0) is 0 Å². The average molecular weight is 800 g/mol. The minimum atomic E-state index is -0.498. The summed E-state index contributed by atoms with van der Waals surface area (Å²) in [6.07, 6.45) is 0. The van der Waals surface area contributed by atoms with Crippen molar-refractivity contribution in [1.29, 1.82) is 0 Å². The Morgan fingerprint density at radius 2 is 0.806 bits per heavy atom. The van der Waals surface area contributed by atoms with E-state index in [2.05, 4.69) is 41.0 Å². The summed E-state index contributed by atoms with van der Waals surface area (Å²) in [6.45, 7) is 0. The molecule has 5 nitrogen and oxygen atoms in total. The van der Waals surface area contributed by atoms with Gasteiger partial charge in [-0.15, -0.1) is 0 Å². The Bertz CT molecular complexity index is 4000. The van der Waals surface area contributed by atoms with Gasteiger partial charge in [-0.05, 0) is 47.0 Å². The third-order valence-electron chi connectivity index (χ3n) is 11.4. The molecule has 0 amide bonds. The van der Waals surface area contributed by atoms with Gasteiger partial charge in [0, 0.05) is 43.8 Å². The minimum absolute atomic E-state index is 0.00852. The third-order valence-corrected chi connectivity index (χ3v) is 11.4. The quantitative estimate of drug-likeness (QED) is 0.161. The summed E-state index contributed by atoms with van der Waals surface area (Å²) in [5.41, 5.74) is 9.00. The Morgan fingerprint density at radius 1 is 0.323 bits per heavy atom. The SMILES string of the molecule is [2H]c1c([2H])c([2H])c2c(c1[2H])c1c([2H])c([2H])c([2H])c([2H])c1n2-c1cccc2c3ccccc3n(-c3cc(-c4nc(-c5ccccc5)nc(-c5ccc(-c6ccccc6)cc5)n4)ccc3-c3ccccc3)c12. The Balaban J connectivity index is 1.17. The molecule has 0 atom stereocenters. The van der Waals surface area contributed by atoms with Gasteiger partial charge in [-0.3, -0.25) is 0 Å². The number of fused-ring (bicyclic) bond motifs is 6. The Labute approximate surface area is 369 Å². The molecule has 12 rings (SSSR count). The fraction of sp³-hybridized carbons (Fsp3) is 0. The standard InChI is InChI=1S/C57H37N5/c1-4-17-38(18-5-1)39-31-33-42(34-32-39)56-58-55(41-21-8-3-9-22-41)59-57(60-56)43-35-36-44(40-19-6-2-7-20-40)53(37-43)62-51-29-15-12-25-47(51)48-26-16-30-52(54(48)62)61-49-27-13-10-23-45(49)46-24-11-14-28-50(46)61/h1-37H/i10D,11D,13D,14D,23D,24D,27D,28D. The van der Waals surface area contributed by atoms with Crippen LogP contribution in [0.15, 0.2) is 224 Å². The zero-order chi connectivity index (χ0) is 47.9. The first kappa shape index (κ1) is 28.1. The lowest BCUT2D eigenvalue weighted by molar-refractivity contribution is 1.07. The predicted octanol–water partition coefficient (Wildman–Crippen LogP) is 14.4. The fourth-order valence-electron chi connectivity index (χ4n) is 8.60. The zero-order valence-corrected chi connectivity index (χ0v) is 33.0. The van der Waals surface area contributed by atoms with Crippen molar-refractivity contribution in [2.75, 3.05) is 0 Å². The van der Waals surface area contributed by atoms with Crippen molar-refractivity contribution in [3.8, 4) is 67.8 Å². The second-order valence-electron chi connectivity index (χ2n) is 15.0. The van der Waals surface area contributed by atoms with Crippen molar-refractivity contribution in [3.63, 3.8) is 0 Å². The summed E-state index contributed by atoms with van der Waals surface area (Å²) in [6, 6.07) is 54.5. The highest BCUT2D eigenvalue weighted by molar-refractivity contribution is 6.15. The number of rotatable bonds is 7. The molecule has 62 heavy (non-hydrogen) atoms. The van der Waals surface area contributed by atoms with Gasteiger partial charge < -0.3 is 9.13 Å². The van der Waals surface area contributed by atoms with E-state index in [4.69, 9.17) is 23.2 Å². The van der Waals surface area contributed by atoms with Crippen LogP contribution in [0.4, 0.5) is 0 Å². The van der Waals surface area contributed by atoms with Gasteiger partial charge in [0.25, 0.3) is 0 Å². The van der Waals surface area contributed by atoms with Crippen LogP contribution in [0.3, 0.4) is 0 Å². The summed E-state index contributed by atoms with van der Waals surface area (Å²) in [5, 5.41) is 1.71. The lowest BCUT2D eigenvalue weighted by Gasteiger charge is -2.18. The molecule has 0 radical (unpaired) electrons. The molecule has 0 aliphatic carbocycles. The van der Waals surface area contributed by atoms with Crippen LogP contribution in [0, 0.1) is 0 Å². The molecule has 0 N–H and O–H groups in total. The van der Waals surface area contributed by atoms with E-state index in [1.807, 2.05) is 140 Å². The molecule has 0 aliphatic heterocycles. The Kier molecular flexibility index (Phi) is 6.67. The van der Waals surface area contributed by atoms with Crippen LogP contribution in [0.25, 0.3) is 111 Å². The lowest BCUT2D eigenvalue weighted by atomic mass is 10.0. The van der Waals surface area contributed by atoms with E-state index in [1.54, 1.807) is 4.57 Å². The van der Waals surface area contributed by atoms with Gasteiger partial charge in [-0.1, -0.05) is 194 Å². The van der Waals surface area contributed by atoms with Gasteiger partial charge in [0.15, 0.2) is 17.5 Å². The van der Waals surface area contributed by atoms with Crippen molar-refractivity contribution < 1.29 is 11.0 Å². The van der Waals surface area contributed by atoms with E-state index in [0.29, 0.717) is 34.2 Å². The molecule has 3 aromatic heterocycles. The smallest absolute Gasteiger partial charge is 0.164 e. The van der Waals surface area contributed by atoms with E-state index in [1.165, 1.54) is 0 Å². The summed E-state index contributed by atoms with van der Waals surface area (Å²) in [4.78, 5) is 15.3. The molecule has 290 valence electrons. The highest BCUT2D eigenvalue weighted by Crippen LogP contribution is 2.42. The lowest BCUT2D eigenvalue weighted by Crippen LogP contribution is -2.04. The van der Waals surface area contributed by atoms with Crippen LogP contribution >= 0.6 is 0 Å². The largest absolute Gasteiger partial charge is 0.307 e. The number of para-hydroxylation sites is 4. The average Bonchev–Trinajstić information content (AvgIpc) is 3.96. The molecule has 9 aromatic carbocycles. The third kappa shape index (κ3) is 5.90. The van der Waals surface area contributed by atoms with E-state index >= 15 is 0 Å². The van der Waals surface area contributed by atoms with Gasteiger partial charge in [0.05, 0.1) is 44.4 Å². The van der Waals surface area contributed by atoms with E-state index in [-0.39, 0.29) is 33.9 Å². The normalized spacial score (nSPS) is 13.4. The van der Waals surface area contributed by atoms with E-state index in [0.717, 1.165) is 55.4 Å². The van der Waals surface area contributed by atoms with Gasteiger partial charge in [0.2, 0.25) is 0 Å². The van der Waals surface area contributed by atoms with Crippen LogP contribution in [0.5, 0.6) is 0 Å². The maximum Gasteiger partial charge on any atom is 0.164 e. The Morgan fingerprint density at radius 3 is 1.47 bits per heavy atom. The van der Waals surface area contributed by atoms with Crippen molar-refractivity contribution in [3.05, 3.63) is 224 Å². The van der Waals surface area contributed by atoms with Crippen molar-refractivity contribution in [2.24, 2.45) is 0 Å². The second-order valence-corrected chi connectivity index (χ2v) is 15.0. The summed E-state index contributed by atoms with van der Waals surface area (Å²) in [7, 11) is 0. The van der Waals surface area contributed by atoms with Gasteiger partial charge in [0.1, 0.15) is 0 Å². The van der Waals surface area contributed by atoms with Crippen LogP contribution in [0.2, 0.25) is 0 Å². The van der Waals surface area contributed by atoms with Crippen molar-refractivity contribution in [2.45, 2.75) is 0 Å². The molecule has 3 heterocycles. The molecule has 0 aliphatic rings. The zero-order valence-electron chi connectivity index (χ0n) is 41.0. The number of nitrogens with zero attached hydrogens (tertiary/aromatic N) is 5. The number of hydrogen-bond donors (Lipinski definition) is 0. The van der Waals surface area contributed by atoms with Crippen molar-refractivity contribution in [1.82, 2.24) is 24.1 Å². The minimum Gasteiger partial charge on any atom is -0.307 e. The molecule has 0 bridgehead atoms. The van der Waals surface area contributed by atoms with E-state index in [9.17, 15) is 2.74 Å². The molecule has 5 heteroatoms. The van der Waals surface area contributed by atoms with Gasteiger partial charge >= 0.3 is 0 Å². The monoisotopic (exact) mass is 799 g/mol. The molecular weight excluding hydrogens is 755 g/mol. The van der Waals surface area contributed by atoms with Gasteiger partial charge in [-0.25, -0.2) is 15.0 Å². The first-order valence-electron chi connectivity index (χ1n) is 24.3. The van der Waals surface area contributed by atoms with Crippen LogP contribution < -0.4 is 0 Å². The topological polar surface area (TPSA) is 48.5 Å². The maximum atomic E-state index is 9.35. The fourth-order valence-corrected chi connectivity index (χ4v) is 8.60. The van der Waals surface area contributed by atoms with Gasteiger partial charge in [-0.2, -0.15) is 0 Å². The second kappa shape index (κ2) is 14.7. The molecule has 0 saturated heterocycles. The summed E-state index contributed by atoms with van der Waals surface area (Å²) < 4.78 is 75.7.